The molecule has 0 fully saturated rings. The molecule has 0 unspecified atom stereocenters. The molecular formula is C28H23N5O3S. The van der Waals surface area contributed by atoms with Crippen LogP contribution < -0.4 is 31.6 Å². The quantitative estimate of drug-likeness (QED) is 0.282. The molecule has 3 heterocycles. The van der Waals surface area contributed by atoms with Crippen LogP contribution in [-0.2, 0) is 6.54 Å². The second-order valence-electron chi connectivity index (χ2n) is 8.57. The second-order valence-corrected chi connectivity index (χ2v) is 9.45. The van der Waals surface area contributed by atoms with Crippen molar-refractivity contribution >= 4 is 44.6 Å². The van der Waals surface area contributed by atoms with Crippen molar-refractivity contribution < 1.29 is 14.3 Å². The highest BCUT2D eigenvalue weighted by atomic mass is 32.1. The Bertz CT molecular complexity index is 1650. The molecule has 2 aromatic heterocycles. The fourth-order valence-corrected chi connectivity index (χ4v) is 5.69. The van der Waals surface area contributed by atoms with Crippen LogP contribution in [0.25, 0.3) is 32.3 Å². The molecule has 2 amide bonds. The van der Waals surface area contributed by atoms with E-state index in [0.717, 1.165) is 43.7 Å². The van der Waals surface area contributed by atoms with Crippen molar-refractivity contribution in [2.24, 2.45) is 11.5 Å². The number of nitrogens with two attached hydrogens (primary N) is 3. The van der Waals surface area contributed by atoms with Gasteiger partial charge in [0.1, 0.15) is 5.82 Å². The molecule has 184 valence electrons. The molecule has 0 saturated carbocycles. The molecule has 37 heavy (non-hydrogen) atoms. The number of amides is 2. The number of aromatic nitrogens is 1. The van der Waals surface area contributed by atoms with Gasteiger partial charge in [-0.25, -0.2) is 9.78 Å². The molecule has 6 rings (SSSR count). The van der Waals surface area contributed by atoms with Crippen LogP contribution >= 0.6 is 11.3 Å². The molecule has 3 aromatic carbocycles. The summed E-state index contributed by atoms with van der Waals surface area (Å²) in [6, 6.07) is 20.4. The van der Waals surface area contributed by atoms with Crippen LogP contribution in [0, 0.1) is 0 Å². The molecule has 6 N–H and O–H groups in total. The van der Waals surface area contributed by atoms with Crippen molar-refractivity contribution in [1.29, 1.82) is 0 Å². The second kappa shape index (κ2) is 9.12. The maximum atomic E-state index is 12.4. The average molecular weight is 510 g/mol. The zero-order valence-electron chi connectivity index (χ0n) is 19.7. The van der Waals surface area contributed by atoms with Gasteiger partial charge in [-0.2, -0.15) is 0 Å². The number of thiophene rings is 1. The molecule has 1 aliphatic heterocycles. The third kappa shape index (κ3) is 4.00. The first-order chi connectivity index (χ1) is 18.0. The fourth-order valence-electron chi connectivity index (χ4n) is 4.57. The van der Waals surface area contributed by atoms with E-state index in [-0.39, 0.29) is 6.79 Å². The molecule has 0 bridgehead atoms. The summed E-state index contributed by atoms with van der Waals surface area (Å²) in [5.74, 6) is 1.90. The summed E-state index contributed by atoms with van der Waals surface area (Å²) >= 11 is 1.61. The molecule has 0 radical (unpaired) electrons. The number of carbonyl (C=O) groups excluding carboxylic acids is 1. The van der Waals surface area contributed by atoms with E-state index in [9.17, 15) is 4.79 Å². The summed E-state index contributed by atoms with van der Waals surface area (Å²) in [5.41, 5.74) is 24.0. The molecule has 0 aliphatic carbocycles. The summed E-state index contributed by atoms with van der Waals surface area (Å²) in [7, 11) is 0. The first kappa shape index (κ1) is 22.8. The van der Waals surface area contributed by atoms with Gasteiger partial charge in [-0.1, -0.05) is 30.3 Å². The van der Waals surface area contributed by atoms with Gasteiger partial charge in [0.2, 0.25) is 6.79 Å². The lowest BCUT2D eigenvalue weighted by atomic mass is 10.0. The normalized spacial score (nSPS) is 12.1. The van der Waals surface area contributed by atoms with Crippen LogP contribution in [0.4, 0.5) is 22.0 Å². The maximum Gasteiger partial charge on any atom is 0.323 e. The summed E-state index contributed by atoms with van der Waals surface area (Å²) in [4.78, 5) is 18.3. The van der Waals surface area contributed by atoms with Gasteiger partial charge in [0.05, 0.1) is 11.4 Å². The largest absolute Gasteiger partial charge is 0.454 e. The van der Waals surface area contributed by atoms with Crippen LogP contribution in [0.5, 0.6) is 11.5 Å². The van der Waals surface area contributed by atoms with Crippen LogP contribution in [0.1, 0.15) is 5.56 Å². The van der Waals surface area contributed by atoms with Gasteiger partial charge in [-0.15, -0.1) is 11.3 Å². The number of carbonyl (C=O) groups is 1. The lowest BCUT2D eigenvalue weighted by Crippen LogP contribution is -2.31. The van der Waals surface area contributed by atoms with E-state index >= 15 is 0 Å². The predicted molar refractivity (Wildman–Crippen MR) is 147 cm³/mol. The Morgan fingerprint density at radius 2 is 1.73 bits per heavy atom. The topological polar surface area (TPSA) is 130 Å². The van der Waals surface area contributed by atoms with E-state index in [4.69, 9.17) is 26.7 Å². The van der Waals surface area contributed by atoms with Crippen LogP contribution in [0.15, 0.2) is 78.3 Å². The Labute approximate surface area is 216 Å². The summed E-state index contributed by atoms with van der Waals surface area (Å²) in [6.45, 7) is 0.591. The van der Waals surface area contributed by atoms with Gasteiger partial charge >= 0.3 is 6.03 Å². The Hall–Kier alpha value is -4.60. The molecule has 1 aliphatic rings. The van der Waals surface area contributed by atoms with E-state index < -0.39 is 6.03 Å². The number of rotatable bonds is 5. The predicted octanol–water partition coefficient (Wildman–Crippen LogP) is 5.62. The number of anilines is 3. The van der Waals surface area contributed by atoms with Gasteiger partial charge in [0.15, 0.2) is 11.5 Å². The molecule has 0 saturated heterocycles. The SMILES string of the molecule is NCc1cccc(N(C(N)=O)c2ccc(-c3csc4c(-c5ccc6c(c5)OCO6)cnc(N)c34)cc2)c1. The first-order valence-corrected chi connectivity index (χ1v) is 12.5. The molecular weight excluding hydrogens is 486 g/mol. The number of hydrogen-bond acceptors (Lipinski definition) is 7. The highest BCUT2D eigenvalue weighted by Crippen LogP contribution is 2.44. The standard InChI is InChI=1S/C28H23N5O3S/c29-12-16-2-1-3-20(10-16)33(28(31)34)19-7-4-17(5-8-19)22-14-37-26-21(13-32-27(30)25(22)26)18-6-9-23-24(11-18)36-15-35-23/h1-11,13-14H,12,15,29H2,(H2,30,32)(H2,31,34). The number of urea groups is 1. The summed E-state index contributed by atoms with van der Waals surface area (Å²) in [6.07, 6.45) is 1.79. The van der Waals surface area contributed by atoms with E-state index in [1.165, 1.54) is 4.90 Å². The minimum atomic E-state index is -0.579. The first-order valence-electron chi connectivity index (χ1n) is 11.6. The number of primary amides is 1. The Kier molecular flexibility index (Phi) is 5.63. The molecule has 0 spiro atoms. The highest BCUT2D eigenvalue weighted by Gasteiger charge is 2.20. The molecule has 8 nitrogen and oxygen atoms in total. The van der Waals surface area contributed by atoms with E-state index in [1.807, 2.05) is 66.7 Å². The minimum Gasteiger partial charge on any atom is -0.454 e. The van der Waals surface area contributed by atoms with E-state index in [1.54, 1.807) is 17.5 Å². The zero-order chi connectivity index (χ0) is 25.5. The van der Waals surface area contributed by atoms with Crippen LogP contribution in [0.3, 0.4) is 0 Å². The summed E-state index contributed by atoms with van der Waals surface area (Å²) < 4.78 is 12.0. The fraction of sp³-hybridized carbons (Fsp3) is 0.0714. The minimum absolute atomic E-state index is 0.221. The van der Waals surface area contributed by atoms with Crippen molar-refractivity contribution in [3.8, 4) is 33.8 Å². The lowest BCUT2D eigenvalue weighted by molar-refractivity contribution is 0.174. The van der Waals surface area contributed by atoms with Gasteiger partial charge in [0, 0.05) is 34.0 Å². The van der Waals surface area contributed by atoms with Crippen molar-refractivity contribution in [2.45, 2.75) is 6.54 Å². The van der Waals surface area contributed by atoms with E-state index in [2.05, 4.69) is 10.4 Å². The Morgan fingerprint density at radius 3 is 2.51 bits per heavy atom. The van der Waals surface area contributed by atoms with Crippen molar-refractivity contribution in [2.75, 3.05) is 17.4 Å². The third-order valence-electron chi connectivity index (χ3n) is 6.37. The number of benzene rings is 3. The smallest absolute Gasteiger partial charge is 0.323 e. The van der Waals surface area contributed by atoms with Gasteiger partial charge < -0.3 is 26.7 Å². The maximum absolute atomic E-state index is 12.4. The number of ether oxygens (including phenoxy) is 2. The van der Waals surface area contributed by atoms with Crippen molar-refractivity contribution in [3.05, 3.63) is 83.9 Å². The van der Waals surface area contributed by atoms with Crippen LogP contribution in [-0.4, -0.2) is 17.8 Å². The van der Waals surface area contributed by atoms with Crippen molar-refractivity contribution in [3.63, 3.8) is 0 Å². The average Bonchev–Trinajstić information content (AvgIpc) is 3.57. The summed E-state index contributed by atoms with van der Waals surface area (Å²) in [5, 5.41) is 2.96. The van der Waals surface area contributed by atoms with Crippen LogP contribution in [0.2, 0.25) is 0 Å². The van der Waals surface area contributed by atoms with Gasteiger partial charge in [0.25, 0.3) is 0 Å². The Balaban J connectivity index is 1.39. The number of nitrogen functional groups attached to an aromatic ring is 1. The molecule has 5 aromatic rings. The lowest BCUT2D eigenvalue weighted by Gasteiger charge is -2.21. The number of pyridine rings is 1. The molecule has 9 heteroatoms. The van der Waals surface area contributed by atoms with E-state index in [0.29, 0.717) is 29.5 Å². The third-order valence-corrected chi connectivity index (χ3v) is 7.38. The zero-order valence-corrected chi connectivity index (χ0v) is 20.5. The van der Waals surface area contributed by atoms with Crippen molar-refractivity contribution in [1.82, 2.24) is 4.98 Å². The van der Waals surface area contributed by atoms with Gasteiger partial charge in [-0.05, 0) is 58.5 Å². The van der Waals surface area contributed by atoms with Gasteiger partial charge in [-0.3, -0.25) is 4.90 Å². The number of fused-ring (bicyclic) bond motifs is 2. The Morgan fingerprint density at radius 1 is 0.946 bits per heavy atom. The molecule has 0 atom stereocenters. The number of nitrogens with zero attached hydrogens (tertiary/aromatic N) is 2. The monoisotopic (exact) mass is 509 g/mol. The highest BCUT2D eigenvalue weighted by molar-refractivity contribution is 7.18. The number of hydrogen-bond donors (Lipinski definition) is 3.